The van der Waals surface area contributed by atoms with Gasteiger partial charge in [-0.05, 0) is 44.4 Å². The molecule has 0 aliphatic rings. The molecule has 5 heteroatoms. The van der Waals surface area contributed by atoms with Crippen molar-refractivity contribution in [3.05, 3.63) is 60.4 Å². The molecule has 0 atom stereocenters. The molecule has 0 saturated heterocycles. The Kier molecular flexibility index (Phi) is 15.4. The van der Waals surface area contributed by atoms with Gasteiger partial charge >= 0.3 is 0 Å². The highest BCUT2D eigenvalue weighted by Crippen LogP contribution is 2.03. The average Bonchev–Trinajstić information content (AvgIpc) is 2.68. The maximum absolute atomic E-state index is 5.40. The molecule has 152 valence electrons. The van der Waals surface area contributed by atoms with Crippen molar-refractivity contribution in [2.24, 2.45) is 0 Å². The Balaban J connectivity index is 1.78. The summed E-state index contributed by atoms with van der Waals surface area (Å²) in [6.07, 6.45) is 8.97. The van der Waals surface area contributed by atoms with Crippen LogP contribution < -0.4 is 10.6 Å². The molecule has 0 bridgehead atoms. The van der Waals surface area contributed by atoms with Crippen molar-refractivity contribution in [3.8, 4) is 0 Å². The highest BCUT2D eigenvalue weighted by Gasteiger charge is 1.93. The van der Waals surface area contributed by atoms with E-state index in [1.807, 2.05) is 0 Å². The van der Waals surface area contributed by atoms with E-state index in [9.17, 15) is 0 Å². The minimum atomic E-state index is 0.514. The van der Waals surface area contributed by atoms with Crippen molar-refractivity contribution in [3.63, 3.8) is 0 Å². The third-order valence-corrected chi connectivity index (χ3v) is 3.83. The van der Waals surface area contributed by atoms with E-state index in [1.54, 1.807) is 12.3 Å². The monoisotopic (exact) mass is 376 g/mol. The fourth-order valence-corrected chi connectivity index (χ4v) is 2.29. The summed E-state index contributed by atoms with van der Waals surface area (Å²) in [5, 5.41) is 6.61. The Morgan fingerprint density at radius 1 is 0.963 bits per heavy atom. The Morgan fingerprint density at radius 3 is 2.63 bits per heavy atom. The van der Waals surface area contributed by atoms with Crippen molar-refractivity contribution < 1.29 is 14.2 Å². The fourth-order valence-electron chi connectivity index (χ4n) is 2.29. The van der Waals surface area contributed by atoms with Crippen LogP contribution in [0, 0.1) is 6.92 Å². The predicted molar refractivity (Wildman–Crippen MR) is 112 cm³/mol. The lowest BCUT2D eigenvalue weighted by Gasteiger charge is -2.06. The van der Waals surface area contributed by atoms with Crippen LogP contribution in [0.1, 0.15) is 30.4 Å². The minimum absolute atomic E-state index is 0.514. The van der Waals surface area contributed by atoms with E-state index in [1.165, 1.54) is 17.5 Å². The molecule has 0 unspecified atom stereocenters. The Hall–Kier alpha value is -1.66. The lowest BCUT2D eigenvalue weighted by atomic mass is 10.1. The molecule has 0 aromatic heterocycles. The SMILES string of the molecule is C=CCOCCNCOCCO/C=C/CCCCNCc1ccc(C)cc1. The first-order valence-corrected chi connectivity index (χ1v) is 9.83. The van der Waals surface area contributed by atoms with Crippen LogP contribution in [-0.4, -0.2) is 46.2 Å². The van der Waals surface area contributed by atoms with Gasteiger partial charge in [-0.3, -0.25) is 5.32 Å². The summed E-state index contributed by atoms with van der Waals surface area (Å²) in [4.78, 5) is 0. The summed E-state index contributed by atoms with van der Waals surface area (Å²) < 4.78 is 16.1. The number of hydrogen-bond donors (Lipinski definition) is 2. The van der Waals surface area contributed by atoms with E-state index < -0.39 is 0 Å². The molecule has 1 rings (SSSR count). The number of allylic oxidation sites excluding steroid dienone is 1. The van der Waals surface area contributed by atoms with E-state index in [4.69, 9.17) is 14.2 Å². The number of benzene rings is 1. The minimum Gasteiger partial charge on any atom is -0.499 e. The Morgan fingerprint density at radius 2 is 1.81 bits per heavy atom. The molecule has 0 spiro atoms. The van der Waals surface area contributed by atoms with Crippen LogP contribution in [0.3, 0.4) is 0 Å². The molecule has 0 aliphatic heterocycles. The smallest absolute Gasteiger partial charge is 0.111 e. The van der Waals surface area contributed by atoms with Gasteiger partial charge in [0.25, 0.3) is 0 Å². The van der Waals surface area contributed by atoms with Crippen molar-refractivity contribution in [2.45, 2.75) is 32.7 Å². The highest BCUT2D eigenvalue weighted by atomic mass is 16.5. The van der Waals surface area contributed by atoms with E-state index in [0.29, 0.717) is 33.2 Å². The molecule has 0 amide bonds. The zero-order chi connectivity index (χ0) is 19.4. The van der Waals surface area contributed by atoms with Crippen LogP contribution in [0.5, 0.6) is 0 Å². The average molecular weight is 377 g/mol. The fraction of sp³-hybridized carbons (Fsp3) is 0.545. The van der Waals surface area contributed by atoms with Crippen LogP contribution in [0.15, 0.2) is 49.3 Å². The summed E-state index contributed by atoms with van der Waals surface area (Å²) in [5.74, 6) is 0. The van der Waals surface area contributed by atoms with Crippen molar-refractivity contribution in [1.82, 2.24) is 10.6 Å². The lowest BCUT2D eigenvalue weighted by molar-refractivity contribution is 0.0677. The van der Waals surface area contributed by atoms with Gasteiger partial charge in [-0.2, -0.15) is 0 Å². The van der Waals surface area contributed by atoms with Gasteiger partial charge < -0.3 is 19.5 Å². The number of hydrogen-bond acceptors (Lipinski definition) is 5. The second kappa shape index (κ2) is 17.7. The van der Waals surface area contributed by atoms with Gasteiger partial charge in [0.1, 0.15) is 6.61 Å². The molecule has 1 aromatic rings. The highest BCUT2D eigenvalue weighted by molar-refractivity contribution is 5.20. The van der Waals surface area contributed by atoms with Gasteiger partial charge in [-0.25, -0.2) is 0 Å². The number of nitrogens with one attached hydrogen (secondary N) is 2. The summed E-state index contributed by atoms with van der Waals surface area (Å²) >= 11 is 0. The first-order valence-electron chi connectivity index (χ1n) is 9.83. The molecule has 0 radical (unpaired) electrons. The second-order valence-electron chi connectivity index (χ2n) is 6.32. The van der Waals surface area contributed by atoms with Crippen LogP contribution >= 0.6 is 0 Å². The van der Waals surface area contributed by atoms with Gasteiger partial charge in [-0.15, -0.1) is 6.58 Å². The van der Waals surface area contributed by atoms with Crippen molar-refractivity contribution in [1.29, 1.82) is 0 Å². The third-order valence-electron chi connectivity index (χ3n) is 3.83. The van der Waals surface area contributed by atoms with Gasteiger partial charge in [-0.1, -0.05) is 35.9 Å². The van der Waals surface area contributed by atoms with Gasteiger partial charge in [0.15, 0.2) is 0 Å². The largest absolute Gasteiger partial charge is 0.499 e. The van der Waals surface area contributed by atoms with Gasteiger partial charge in [0.2, 0.25) is 0 Å². The number of rotatable bonds is 18. The molecule has 27 heavy (non-hydrogen) atoms. The van der Waals surface area contributed by atoms with E-state index in [2.05, 4.69) is 54.5 Å². The predicted octanol–water partition coefficient (Wildman–Crippen LogP) is 3.55. The molecule has 0 aliphatic carbocycles. The normalized spacial score (nSPS) is 11.1. The maximum Gasteiger partial charge on any atom is 0.111 e. The van der Waals surface area contributed by atoms with E-state index in [0.717, 1.165) is 32.5 Å². The van der Waals surface area contributed by atoms with E-state index in [-0.39, 0.29) is 0 Å². The van der Waals surface area contributed by atoms with Crippen LogP contribution in [0.2, 0.25) is 0 Å². The number of ether oxygens (including phenoxy) is 3. The molecule has 0 fully saturated rings. The Bertz CT molecular complexity index is 489. The summed E-state index contributed by atoms with van der Waals surface area (Å²) in [6.45, 7) is 11.4. The zero-order valence-corrected chi connectivity index (χ0v) is 16.8. The summed E-state index contributed by atoms with van der Waals surface area (Å²) in [7, 11) is 0. The lowest BCUT2D eigenvalue weighted by Crippen LogP contribution is -2.23. The standard InChI is InChI=1S/C22H36N2O3/c1-3-14-25-16-13-24-20-27-18-17-26-15-7-5-4-6-12-23-19-22-10-8-21(2)9-11-22/h3,7-11,15,23-24H,1,4-6,12-14,16-20H2,2H3/b15-7+. The quantitative estimate of drug-likeness (QED) is 0.178. The third kappa shape index (κ3) is 15.1. The van der Waals surface area contributed by atoms with Gasteiger partial charge in [0.05, 0.1) is 32.8 Å². The topological polar surface area (TPSA) is 51.8 Å². The van der Waals surface area contributed by atoms with Crippen LogP contribution in [0.25, 0.3) is 0 Å². The van der Waals surface area contributed by atoms with Crippen molar-refractivity contribution in [2.75, 3.05) is 46.2 Å². The number of unbranched alkanes of at least 4 members (excludes halogenated alkanes) is 2. The zero-order valence-electron chi connectivity index (χ0n) is 16.8. The molecule has 5 nitrogen and oxygen atoms in total. The van der Waals surface area contributed by atoms with E-state index >= 15 is 0 Å². The summed E-state index contributed by atoms with van der Waals surface area (Å²) in [5.41, 5.74) is 2.65. The first-order chi connectivity index (χ1) is 13.3. The molecule has 1 aromatic carbocycles. The van der Waals surface area contributed by atoms with Crippen LogP contribution in [0.4, 0.5) is 0 Å². The first kappa shape index (κ1) is 23.4. The molecule has 2 N–H and O–H groups in total. The maximum atomic E-state index is 5.40. The molecule has 0 saturated carbocycles. The molecule has 0 heterocycles. The number of aryl methyl sites for hydroxylation is 1. The molecular weight excluding hydrogens is 340 g/mol. The molecular formula is C22H36N2O3. The van der Waals surface area contributed by atoms with Gasteiger partial charge in [0, 0.05) is 13.1 Å². The second-order valence-corrected chi connectivity index (χ2v) is 6.32. The van der Waals surface area contributed by atoms with Crippen LogP contribution in [-0.2, 0) is 20.8 Å². The van der Waals surface area contributed by atoms with Crippen molar-refractivity contribution >= 4 is 0 Å². The summed E-state index contributed by atoms with van der Waals surface area (Å²) in [6, 6.07) is 8.68. The Labute approximate surface area is 164 Å².